The van der Waals surface area contributed by atoms with Gasteiger partial charge in [0, 0.05) is 12.1 Å². The highest BCUT2D eigenvalue weighted by Gasteiger charge is 2.13. The van der Waals surface area contributed by atoms with Crippen LogP contribution >= 0.6 is 11.8 Å². The number of carbonyl (C=O) groups is 1. The first-order chi connectivity index (χ1) is 12.1. The molecule has 6 nitrogen and oxygen atoms in total. The summed E-state index contributed by atoms with van der Waals surface area (Å²) in [5.41, 5.74) is 3.08. The number of thioether (sulfide) groups is 1. The third kappa shape index (κ3) is 4.39. The van der Waals surface area contributed by atoms with Gasteiger partial charge < -0.3 is 11.2 Å². The van der Waals surface area contributed by atoms with Crippen molar-refractivity contribution in [3.63, 3.8) is 0 Å². The van der Waals surface area contributed by atoms with Gasteiger partial charge in [0.1, 0.15) is 0 Å². The second kappa shape index (κ2) is 7.85. The van der Waals surface area contributed by atoms with Crippen LogP contribution < -0.4 is 11.2 Å². The van der Waals surface area contributed by atoms with Crippen LogP contribution in [0, 0.1) is 6.92 Å². The van der Waals surface area contributed by atoms with Crippen LogP contribution in [0.5, 0.6) is 0 Å². The van der Waals surface area contributed by atoms with E-state index < -0.39 is 0 Å². The standard InChI is InChI=1S/C18H19N5OS/c1-13-6-5-9-15(10-13)17-21-22-18(23(17)19)25-12-16(24)20-11-14-7-3-2-4-8-14/h2-10H,11-12,19H2,1H3,(H,20,24). The zero-order valence-electron chi connectivity index (χ0n) is 13.8. The van der Waals surface area contributed by atoms with Crippen LogP contribution in [0.3, 0.4) is 0 Å². The molecule has 0 bridgehead atoms. The summed E-state index contributed by atoms with van der Waals surface area (Å²) in [5, 5.41) is 11.6. The number of aromatic nitrogens is 3. The molecule has 25 heavy (non-hydrogen) atoms. The number of nitrogen functional groups attached to an aromatic ring is 1. The lowest BCUT2D eigenvalue weighted by Crippen LogP contribution is -2.25. The maximum atomic E-state index is 12.0. The number of carbonyl (C=O) groups excluding carboxylic acids is 1. The van der Waals surface area contributed by atoms with E-state index in [0.29, 0.717) is 17.5 Å². The summed E-state index contributed by atoms with van der Waals surface area (Å²) in [6, 6.07) is 17.7. The van der Waals surface area contributed by atoms with E-state index in [1.54, 1.807) is 0 Å². The minimum atomic E-state index is -0.0750. The van der Waals surface area contributed by atoms with Crippen LogP contribution in [0.15, 0.2) is 59.8 Å². The van der Waals surface area contributed by atoms with Crippen molar-refractivity contribution >= 4 is 17.7 Å². The summed E-state index contributed by atoms with van der Waals surface area (Å²) in [6.07, 6.45) is 0. The number of nitrogens with zero attached hydrogens (tertiary/aromatic N) is 3. The summed E-state index contributed by atoms with van der Waals surface area (Å²) in [6.45, 7) is 2.51. The van der Waals surface area contributed by atoms with Gasteiger partial charge in [-0.2, -0.15) is 0 Å². The second-order valence-electron chi connectivity index (χ2n) is 5.60. The maximum Gasteiger partial charge on any atom is 0.230 e. The van der Waals surface area contributed by atoms with Crippen LogP contribution in [0.25, 0.3) is 11.4 Å². The van der Waals surface area contributed by atoms with Crippen molar-refractivity contribution in [1.29, 1.82) is 0 Å². The third-order valence-corrected chi connectivity index (χ3v) is 4.55. The SMILES string of the molecule is Cc1cccc(-c2nnc(SCC(=O)NCc3ccccc3)n2N)c1. The number of nitrogens with two attached hydrogens (primary N) is 1. The first kappa shape index (κ1) is 17.0. The first-order valence-corrected chi connectivity index (χ1v) is 8.83. The van der Waals surface area contributed by atoms with Crippen molar-refractivity contribution in [2.45, 2.75) is 18.6 Å². The number of amides is 1. The van der Waals surface area contributed by atoms with Gasteiger partial charge in [-0.3, -0.25) is 4.79 Å². The Morgan fingerprint density at radius 3 is 2.72 bits per heavy atom. The van der Waals surface area contributed by atoms with Gasteiger partial charge in [-0.25, -0.2) is 4.68 Å². The molecule has 0 atom stereocenters. The van der Waals surface area contributed by atoms with Crippen molar-refractivity contribution in [2.24, 2.45) is 0 Å². The van der Waals surface area contributed by atoms with Crippen LogP contribution in [0.2, 0.25) is 0 Å². The molecule has 0 saturated heterocycles. The van der Waals surface area contributed by atoms with E-state index in [-0.39, 0.29) is 11.7 Å². The molecule has 0 unspecified atom stereocenters. The molecule has 0 fully saturated rings. The van der Waals surface area contributed by atoms with Gasteiger partial charge >= 0.3 is 0 Å². The van der Waals surface area contributed by atoms with Gasteiger partial charge in [-0.15, -0.1) is 10.2 Å². The number of hydrogen-bond acceptors (Lipinski definition) is 5. The zero-order chi connectivity index (χ0) is 17.6. The van der Waals surface area contributed by atoms with Crippen LogP contribution in [0.4, 0.5) is 0 Å². The van der Waals surface area contributed by atoms with Crippen molar-refractivity contribution < 1.29 is 4.79 Å². The average molecular weight is 353 g/mol. The summed E-state index contributed by atoms with van der Waals surface area (Å²) >= 11 is 1.26. The molecule has 0 aliphatic heterocycles. The molecule has 1 amide bonds. The fourth-order valence-electron chi connectivity index (χ4n) is 2.33. The Morgan fingerprint density at radius 1 is 1.16 bits per heavy atom. The van der Waals surface area contributed by atoms with Gasteiger partial charge in [-0.05, 0) is 18.6 Å². The Balaban J connectivity index is 1.58. The molecule has 0 radical (unpaired) electrons. The van der Waals surface area contributed by atoms with Crippen molar-refractivity contribution in [3.8, 4) is 11.4 Å². The molecule has 1 aromatic heterocycles. The number of nitrogens with one attached hydrogen (secondary N) is 1. The molecule has 1 heterocycles. The highest BCUT2D eigenvalue weighted by atomic mass is 32.2. The predicted molar refractivity (Wildman–Crippen MR) is 99.4 cm³/mol. The van der Waals surface area contributed by atoms with Gasteiger partial charge in [0.15, 0.2) is 5.82 Å². The lowest BCUT2D eigenvalue weighted by molar-refractivity contribution is -0.118. The Kier molecular flexibility index (Phi) is 5.35. The first-order valence-electron chi connectivity index (χ1n) is 7.84. The molecule has 0 saturated carbocycles. The minimum absolute atomic E-state index is 0.0750. The summed E-state index contributed by atoms with van der Waals surface area (Å²) in [5.74, 6) is 6.81. The molecule has 0 aliphatic rings. The molecule has 7 heteroatoms. The Morgan fingerprint density at radius 2 is 1.96 bits per heavy atom. The molecule has 128 valence electrons. The highest BCUT2D eigenvalue weighted by molar-refractivity contribution is 7.99. The smallest absolute Gasteiger partial charge is 0.230 e. The molecule has 3 N–H and O–H groups in total. The lowest BCUT2D eigenvalue weighted by Gasteiger charge is -2.06. The second-order valence-corrected chi connectivity index (χ2v) is 6.54. The van der Waals surface area contributed by atoms with E-state index in [9.17, 15) is 4.79 Å². The van der Waals surface area contributed by atoms with Gasteiger partial charge in [0.25, 0.3) is 0 Å². The van der Waals surface area contributed by atoms with E-state index in [4.69, 9.17) is 5.84 Å². The zero-order valence-corrected chi connectivity index (χ0v) is 14.7. The van der Waals surface area contributed by atoms with Crippen LogP contribution in [0.1, 0.15) is 11.1 Å². The molecule has 3 aromatic rings. The fraction of sp³-hybridized carbons (Fsp3) is 0.167. The van der Waals surface area contributed by atoms with Crippen molar-refractivity contribution in [2.75, 3.05) is 11.6 Å². The van der Waals surface area contributed by atoms with Gasteiger partial charge in [-0.1, -0.05) is 65.9 Å². The van der Waals surface area contributed by atoms with E-state index in [0.717, 1.165) is 16.7 Å². The predicted octanol–water partition coefficient (Wildman–Crippen LogP) is 2.38. The summed E-state index contributed by atoms with van der Waals surface area (Å²) < 4.78 is 1.42. The van der Waals surface area contributed by atoms with E-state index in [1.165, 1.54) is 16.4 Å². The lowest BCUT2D eigenvalue weighted by atomic mass is 10.1. The van der Waals surface area contributed by atoms with Crippen molar-refractivity contribution in [3.05, 3.63) is 65.7 Å². The molecule has 3 rings (SSSR count). The molecular formula is C18H19N5OS. The minimum Gasteiger partial charge on any atom is -0.351 e. The Bertz CT molecular complexity index is 863. The largest absolute Gasteiger partial charge is 0.351 e. The molecule has 2 aromatic carbocycles. The number of aryl methyl sites for hydroxylation is 1. The Hall–Kier alpha value is -2.80. The van der Waals surface area contributed by atoms with E-state index in [1.807, 2.05) is 61.5 Å². The average Bonchev–Trinajstić information content (AvgIpc) is 3.00. The van der Waals surface area contributed by atoms with Crippen LogP contribution in [-0.4, -0.2) is 26.5 Å². The number of benzene rings is 2. The number of rotatable bonds is 6. The summed E-state index contributed by atoms with van der Waals surface area (Å²) in [4.78, 5) is 12.0. The van der Waals surface area contributed by atoms with Crippen LogP contribution in [-0.2, 0) is 11.3 Å². The summed E-state index contributed by atoms with van der Waals surface area (Å²) in [7, 11) is 0. The molecule has 0 spiro atoms. The quantitative estimate of drug-likeness (QED) is 0.525. The molecular weight excluding hydrogens is 334 g/mol. The molecule has 0 aliphatic carbocycles. The topological polar surface area (TPSA) is 85.8 Å². The third-order valence-electron chi connectivity index (χ3n) is 3.61. The maximum absolute atomic E-state index is 12.0. The van der Waals surface area contributed by atoms with E-state index in [2.05, 4.69) is 15.5 Å². The Labute approximate surface area is 150 Å². The normalized spacial score (nSPS) is 10.6. The number of hydrogen-bond donors (Lipinski definition) is 2. The van der Waals surface area contributed by atoms with Gasteiger partial charge in [0.05, 0.1) is 5.75 Å². The van der Waals surface area contributed by atoms with E-state index >= 15 is 0 Å². The van der Waals surface area contributed by atoms with Crippen molar-refractivity contribution in [1.82, 2.24) is 20.2 Å². The van der Waals surface area contributed by atoms with Gasteiger partial charge in [0.2, 0.25) is 11.1 Å². The monoisotopic (exact) mass is 353 g/mol. The highest BCUT2D eigenvalue weighted by Crippen LogP contribution is 2.22. The fourth-order valence-corrected chi connectivity index (χ4v) is 3.02.